The highest BCUT2D eigenvalue weighted by Gasteiger charge is 2.15. The fraction of sp³-hybridized carbons (Fsp3) is 0.300. The second-order valence-electron chi connectivity index (χ2n) is 2.92. The van der Waals surface area contributed by atoms with Crippen LogP contribution >= 0.6 is 11.8 Å². The van der Waals surface area contributed by atoms with Crippen LogP contribution < -0.4 is 9.47 Å². The molecule has 74 valence electrons. The van der Waals surface area contributed by atoms with Crippen LogP contribution in [-0.2, 0) is 0 Å². The minimum atomic E-state index is 0.121. The first-order valence-corrected chi connectivity index (χ1v) is 5.62. The van der Waals surface area contributed by atoms with Gasteiger partial charge in [-0.1, -0.05) is 0 Å². The molecule has 0 atom stereocenters. The molecule has 3 nitrogen and oxygen atoms in total. The number of carbonyl (C=O) groups is 1. The Kier molecular flexibility index (Phi) is 2.63. The van der Waals surface area contributed by atoms with E-state index in [0.29, 0.717) is 22.8 Å². The van der Waals surface area contributed by atoms with Crippen molar-refractivity contribution < 1.29 is 14.3 Å². The van der Waals surface area contributed by atoms with Crippen molar-refractivity contribution in [2.75, 3.05) is 18.8 Å². The SMILES string of the molecule is CSCC(=O)c1ccc2c(c1)OCO2. The number of hydrogen-bond acceptors (Lipinski definition) is 4. The number of thioether (sulfide) groups is 1. The Bertz CT molecular complexity index is 362. The van der Waals surface area contributed by atoms with Gasteiger partial charge >= 0.3 is 0 Å². The Morgan fingerprint density at radius 2 is 2.21 bits per heavy atom. The van der Waals surface area contributed by atoms with Crippen molar-refractivity contribution in [1.82, 2.24) is 0 Å². The van der Waals surface area contributed by atoms with Gasteiger partial charge in [-0.15, -0.1) is 0 Å². The molecule has 0 bridgehead atoms. The molecule has 0 spiro atoms. The summed E-state index contributed by atoms with van der Waals surface area (Å²) in [4.78, 5) is 11.5. The van der Waals surface area contributed by atoms with E-state index in [0.717, 1.165) is 0 Å². The minimum Gasteiger partial charge on any atom is -0.454 e. The first kappa shape index (κ1) is 9.40. The maximum atomic E-state index is 11.5. The van der Waals surface area contributed by atoms with Crippen molar-refractivity contribution >= 4 is 17.5 Å². The summed E-state index contributed by atoms with van der Waals surface area (Å²) in [5, 5.41) is 0. The molecule has 1 aliphatic heterocycles. The Morgan fingerprint density at radius 1 is 1.43 bits per heavy atom. The number of fused-ring (bicyclic) bond motifs is 1. The summed E-state index contributed by atoms with van der Waals surface area (Å²) in [5.74, 6) is 2.00. The van der Waals surface area contributed by atoms with Gasteiger partial charge in [-0.3, -0.25) is 4.79 Å². The van der Waals surface area contributed by atoms with Crippen LogP contribution in [-0.4, -0.2) is 24.6 Å². The number of hydrogen-bond donors (Lipinski definition) is 0. The van der Waals surface area contributed by atoms with E-state index in [4.69, 9.17) is 9.47 Å². The van der Waals surface area contributed by atoms with Gasteiger partial charge in [0, 0.05) is 5.56 Å². The number of benzene rings is 1. The molecule has 2 rings (SSSR count). The third kappa shape index (κ3) is 1.70. The molecule has 14 heavy (non-hydrogen) atoms. The van der Waals surface area contributed by atoms with Gasteiger partial charge in [0.2, 0.25) is 6.79 Å². The average Bonchev–Trinajstić information content (AvgIpc) is 2.64. The Morgan fingerprint density at radius 3 is 3.00 bits per heavy atom. The third-order valence-corrected chi connectivity index (χ3v) is 2.52. The van der Waals surface area contributed by atoms with E-state index < -0.39 is 0 Å². The molecule has 0 aliphatic carbocycles. The second kappa shape index (κ2) is 3.92. The lowest BCUT2D eigenvalue weighted by atomic mass is 10.1. The highest BCUT2D eigenvalue weighted by molar-refractivity contribution is 7.99. The number of Topliss-reactive ketones (excluding diaryl/α,β-unsaturated/α-hetero) is 1. The smallest absolute Gasteiger partial charge is 0.231 e. The van der Waals surface area contributed by atoms with Gasteiger partial charge in [-0.2, -0.15) is 11.8 Å². The van der Waals surface area contributed by atoms with Crippen molar-refractivity contribution in [2.24, 2.45) is 0 Å². The minimum absolute atomic E-state index is 0.121. The number of ether oxygens (including phenoxy) is 2. The molecule has 0 saturated carbocycles. The lowest BCUT2D eigenvalue weighted by Crippen LogP contribution is -2.01. The van der Waals surface area contributed by atoms with E-state index in [1.807, 2.05) is 6.26 Å². The van der Waals surface area contributed by atoms with Crippen molar-refractivity contribution in [1.29, 1.82) is 0 Å². The fourth-order valence-corrected chi connectivity index (χ4v) is 1.71. The molecule has 1 aromatic carbocycles. The zero-order chi connectivity index (χ0) is 9.97. The zero-order valence-electron chi connectivity index (χ0n) is 7.78. The van der Waals surface area contributed by atoms with Crippen molar-refractivity contribution in [3.8, 4) is 11.5 Å². The van der Waals surface area contributed by atoms with Crippen LogP contribution in [0.2, 0.25) is 0 Å². The highest BCUT2D eigenvalue weighted by Crippen LogP contribution is 2.32. The first-order valence-electron chi connectivity index (χ1n) is 4.23. The topological polar surface area (TPSA) is 35.5 Å². The maximum Gasteiger partial charge on any atom is 0.231 e. The summed E-state index contributed by atoms with van der Waals surface area (Å²) < 4.78 is 10.3. The molecule has 1 aliphatic rings. The van der Waals surface area contributed by atoms with Crippen LogP contribution in [0.3, 0.4) is 0 Å². The van der Waals surface area contributed by atoms with Crippen LogP contribution in [0.25, 0.3) is 0 Å². The lowest BCUT2D eigenvalue weighted by molar-refractivity contribution is 0.102. The maximum absolute atomic E-state index is 11.5. The van der Waals surface area contributed by atoms with Crippen LogP contribution in [0.1, 0.15) is 10.4 Å². The van der Waals surface area contributed by atoms with Crippen LogP contribution in [0, 0.1) is 0 Å². The van der Waals surface area contributed by atoms with Gasteiger partial charge in [0.25, 0.3) is 0 Å². The first-order chi connectivity index (χ1) is 6.81. The predicted molar refractivity (Wildman–Crippen MR) is 55.3 cm³/mol. The molecule has 0 aromatic heterocycles. The molecule has 4 heteroatoms. The Hall–Kier alpha value is -1.16. The molecule has 0 amide bonds. The van der Waals surface area contributed by atoms with Crippen molar-refractivity contribution in [3.63, 3.8) is 0 Å². The van der Waals surface area contributed by atoms with Crippen molar-refractivity contribution in [2.45, 2.75) is 0 Å². The van der Waals surface area contributed by atoms with E-state index in [-0.39, 0.29) is 12.6 Å². The summed E-state index contributed by atoms with van der Waals surface area (Å²) in [6.07, 6.45) is 1.91. The fourth-order valence-electron chi connectivity index (χ4n) is 1.28. The van der Waals surface area contributed by atoms with E-state index in [9.17, 15) is 4.79 Å². The van der Waals surface area contributed by atoms with Gasteiger partial charge in [-0.25, -0.2) is 0 Å². The zero-order valence-corrected chi connectivity index (χ0v) is 8.60. The van der Waals surface area contributed by atoms with Gasteiger partial charge in [0.15, 0.2) is 17.3 Å². The molecular weight excluding hydrogens is 200 g/mol. The monoisotopic (exact) mass is 210 g/mol. The summed E-state index contributed by atoms with van der Waals surface area (Å²) in [7, 11) is 0. The van der Waals surface area contributed by atoms with E-state index in [1.165, 1.54) is 11.8 Å². The third-order valence-electron chi connectivity index (χ3n) is 1.97. The molecule has 0 unspecified atom stereocenters. The molecule has 0 fully saturated rings. The average molecular weight is 210 g/mol. The predicted octanol–water partition coefficient (Wildman–Crippen LogP) is 1.96. The standard InChI is InChI=1S/C10H10O3S/c1-14-5-8(11)7-2-3-9-10(4-7)13-6-12-9/h2-4H,5-6H2,1H3. The quantitative estimate of drug-likeness (QED) is 0.714. The summed E-state index contributed by atoms with van der Waals surface area (Å²) in [6, 6.07) is 5.28. The Labute approximate surface area is 86.4 Å². The molecular formula is C10H10O3S. The van der Waals surface area contributed by atoms with E-state index in [1.54, 1.807) is 18.2 Å². The summed E-state index contributed by atoms with van der Waals surface area (Å²) >= 11 is 1.52. The van der Waals surface area contributed by atoms with Gasteiger partial charge in [-0.05, 0) is 24.5 Å². The number of carbonyl (C=O) groups excluding carboxylic acids is 1. The Balaban J connectivity index is 2.24. The number of ketones is 1. The summed E-state index contributed by atoms with van der Waals surface area (Å²) in [6.45, 7) is 0.246. The molecule has 1 heterocycles. The molecule has 0 radical (unpaired) electrons. The second-order valence-corrected chi connectivity index (χ2v) is 3.79. The van der Waals surface area contributed by atoms with Crippen molar-refractivity contribution in [3.05, 3.63) is 23.8 Å². The normalized spacial score (nSPS) is 12.9. The molecule has 0 saturated heterocycles. The number of rotatable bonds is 3. The largest absolute Gasteiger partial charge is 0.454 e. The molecule has 1 aromatic rings. The van der Waals surface area contributed by atoms with Crippen LogP contribution in [0.15, 0.2) is 18.2 Å². The van der Waals surface area contributed by atoms with E-state index >= 15 is 0 Å². The van der Waals surface area contributed by atoms with Gasteiger partial charge < -0.3 is 9.47 Å². The van der Waals surface area contributed by atoms with Gasteiger partial charge in [0.05, 0.1) is 5.75 Å². The van der Waals surface area contributed by atoms with Crippen LogP contribution in [0.4, 0.5) is 0 Å². The molecule has 0 N–H and O–H groups in total. The summed E-state index contributed by atoms with van der Waals surface area (Å²) in [5.41, 5.74) is 0.684. The van der Waals surface area contributed by atoms with Crippen LogP contribution in [0.5, 0.6) is 11.5 Å². The highest BCUT2D eigenvalue weighted by atomic mass is 32.2. The lowest BCUT2D eigenvalue weighted by Gasteiger charge is -2.00. The van der Waals surface area contributed by atoms with Gasteiger partial charge in [0.1, 0.15) is 0 Å². The van der Waals surface area contributed by atoms with E-state index in [2.05, 4.69) is 0 Å².